The molecule has 1 aliphatic rings. The van der Waals surface area contributed by atoms with Gasteiger partial charge in [-0.25, -0.2) is 0 Å². The summed E-state index contributed by atoms with van der Waals surface area (Å²) in [6, 6.07) is 1.71. The molecule has 1 aromatic rings. The number of halogens is 1. The van der Waals surface area contributed by atoms with Crippen LogP contribution >= 0.6 is 15.9 Å². The number of hydrogen-bond donors (Lipinski definition) is 0. The highest BCUT2D eigenvalue weighted by molar-refractivity contribution is 9.10. The first kappa shape index (κ1) is 9.77. The van der Waals surface area contributed by atoms with Gasteiger partial charge in [0.1, 0.15) is 0 Å². The molecule has 3 nitrogen and oxygen atoms in total. The maximum atomic E-state index is 11.9. The molecule has 0 radical (unpaired) electrons. The normalized spacial score (nSPS) is 17.1. The lowest BCUT2D eigenvalue weighted by molar-refractivity contribution is 0.0722. The number of carbonyl (C=O) groups excluding carboxylic acids is 1. The van der Waals surface area contributed by atoms with E-state index in [-0.39, 0.29) is 5.91 Å². The molecule has 0 N–H and O–H groups in total. The lowest BCUT2D eigenvalue weighted by Crippen LogP contribution is -2.35. The van der Waals surface area contributed by atoms with Gasteiger partial charge in [0.2, 0.25) is 0 Å². The lowest BCUT2D eigenvalue weighted by atomic mass is 10.1. The van der Waals surface area contributed by atoms with Crippen molar-refractivity contribution in [2.24, 2.45) is 0 Å². The summed E-state index contributed by atoms with van der Waals surface area (Å²) in [5.41, 5.74) is 0.631. The summed E-state index contributed by atoms with van der Waals surface area (Å²) in [5.74, 6) is 0.0744. The monoisotopic (exact) mass is 257 g/mol. The molecular weight excluding hydrogens is 246 g/mol. The van der Waals surface area contributed by atoms with E-state index in [1.807, 2.05) is 4.90 Å². The molecule has 0 unspecified atom stereocenters. The Kier molecular flexibility index (Phi) is 2.91. The Labute approximate surface area is 91.2 Å². The molecule has 1 fully saturated rings. The summed E-state index contributed by atoms with van der Waals surface area (Å²) in [7, 11) is 0. The fourth-order valence-corrected chi connectivity index (χ4v) is 2.12. The quantitative estimate of drug-likeness (QED) is 0.775. The standard InChI is InChI=1S/C10H12BrNO2/c11-9-8(4-7-14-9)10(13)12-5-2-1-3-6-12/h4,7H,1-3,5-6H2. The molecule has 0 atom stereocenters. The van der Waals surface area contributed by atoms with Gasteiger partial charge >= 0.3 is 0 Å². The molecule has 1 aromatic heterocycles. The molecule has 4 heteroatoms. The molecule has 1 amide bonds. The summed E-state index contributed by atoms with van der Waals surface area (Å²) in [5, 5.41) is 0. The number of carbonyl (C=O) groups is 1. The van der Waals surface area contributed by atoms with E-state index < -0.39 is 0 Å². The summed E-state index contributed by atoms with van der Waals surface area (Å²) in [6.45, 7) is 1.74. The summed E-state index contributed by atoms with van der Waals surface area (Å²) in [6.07, 6.45) is 4.99. The van der Waals surface area contributed by atoms with Crippen molar-refractivity contribution in [1.82, 2.24) is 4.90 Å². The zero-order valence-corrected chi connectivity index (χ0v) is 9.42. The minimum absolute atomic E-state index is 0.0744. The van der Waals surface area contributed by atoms with Crippen LogP contribution in [-0.2, 0) is 0 Å². The van der Waals surface area contributed by atoms with Crippen LogP contribution in [0.3, 0.4) is 0 Å². The summed E-state index contributed by atoms with van der Waals surface area (Å²) in [4.78, 5) is 13.8. The molecule has 0 aliphatic carbocycles. The number of amides is 1. The van der Waals surface area contributed by atoms with Crippen molar-refractivity contribution in [1.29, 1.82) is 0 Å². The van der Waals surface area contributed by atoms with Crippen molar-refractivity contribution < 1.29 is 9.21 Å². The second-order valence-electron chi connectivity index (χ2n) is 3.46. The SMILES string of the molecule is O=C(c1ccoc1Br)N1CCCCC1. The van der Waals surface area contributed by atoms with Crippen LogP contribution in [0.2, 0.25) is 0 Å². The first-order valence-electron chi connectivity index (χ1n) is 4.81. The van der Waals surface area contributed by atoms with Gasteiger partial charge in [0.05, 0.1) is 11.8 Å². The van der Waals surface area contributed by atoms with E-state index in [0.717, 1.165) is 25.9 Å². The third kappa shape index (κ3) is 1.85. The highest BCUT2D eigenvalue weighted by Crippen LogP contribution is 2.21. The number of piperidine rings is 1. The molecule has 2 rings (SSSR count). The van der Waals surface area contributed by atoms with Crippen molar-refractivity contribution in [3.63, 3.8) is 0 Å². The van der Waals surface area contributed by atoms with Gasteiger partial charge in [-0.1, -0.05) is 0 Å². The fraction of sp³-hybridized carbons (Fsp3) is 0.500. The van der Waals surface area contributed by atoms with Crippen molar-refractivity contribution in [2.75, 3.05) is 13.1 Å². The third-order valence-corrected chi connectivity index (χ3v) is 3.11. The Hall–Kier alpha value is -0.770. The first-order chi connectivity index (χ1) is 6.79. The van der Waals surface area contributed by atoms with E-state index in [1.165, 1.54) is 12.7 Å². The molecule has 0 spiro atoms. The van der Waals surface area contributed by atoms with Crippen molar-refractivity contribution in [3.8, 4) is 0 Å². The van der Waals surface area contributed by atoms with Crippen LogP contribution in [0.1, 0.15) is 29.6 Å². The maximum absolute atomic E-state index is 11.9. The van der Waals surface area contributed by atoms with Gasteiger partial charge in [-0.2, -0.15) is 0 Å². The van der Waals surface area contributed by atoms with E-state index in [1.54, 1.807) is 6.07 Å². The average molecular weight is 258 g/mol. The van der Waals surface area contributed by atoms with E-state index in [4.69, 9.17) is 4.42 Å². The number of hydrogen-bond acceptors (Lipinski definition) is 2. The summed E-state index contributed by atoms with van der Waals surface area (Å²) >= 11 is 3.22. The minimum atomic E-state index is 0.0744. The minimum Gasteiger partial charge on any atom is -0.457 e. The van der Waals surface area contributed by atoms with Crippen LogP contribution in [0.25, 0.3) is 0 Å². The molecule has 2 heterocycles. The topological polar surface area (TPSA) is 33.5 Å². The predicted octanol–water partition coefficient (Wildman–Crippen LogP) is 2.67. The van der Waals surface area contributed by atoms with Crippen molar-refractivity contribution in [2.45, 2.75) is 19.3 Å². The Bertz CT molecular complexity index is 329. The third-order valence-electron chi connectivity index (χ3n) is 2.49. The van der Waals surface area contributed by atoms with E-state index >= 15 is 0 Å². The smallest absolute Gasteiger partial charge is 0.258 e. The Morgan fingerprint density at radius 3 is 2.64 bits per heavy atom. The number of rotatable bonds is 1. The second kappa shape index (κ2) is 4.17. The van der Waals surface area contributed by atoms with Gasteiger partial charge in [0, 0.05) is 13.1 Å². The number of nitrogens with zero attached hydrogens (tertiary/aromatic N) is 1. The summed E-state index contributed by atoms with van der Waals surface area (Å²) < 4.78 is 5.58. The van der Waals surface area contributed by atoms with E-state index in [0.29, 0.717) is 10.2 Å². The first-order valence-corrected chi connectivity index (χ1v) is 5.60. The van der Waals surface area contributed by atoms with Crippen LogP contribution in [0.4, 0.5) is 0 Å². The van der Waals surface area contributed by atoms with Crippen LogP contribution in [-0.4, -0.2) is 23.9 Å². The molecule has 76 valence electrons. The Morgan fingerprint density at radius 1 is 1.36 bits per heavy atom. The maximum Gasteiger partial charge on any atom is 0.258 e. The van der Waals surface area contributed by atoms with Gasteiger partial charge in [0.15, 0.2) is 4.67 Å². The van der Waals surface area contributed by atoms with Crippen LogP contribution in [0, 0.1) is 0 Å². The van der Waals surface area contributed by atoms with Crippen molar-refractivity contribution >= 4 is 21.8 Å². The van der Waals surface area contributed by atoms with Crippen LogP contribution < -0.4 is 0 Å². The Balaban J connectivity index is 2.11. The highest BCUT2D eigenvalue weighted by Gasteiger charge is 2.21. The van der Waals surface area contributed by atoms with Gasteiger partial charge in [-0.05, 0) is 41.3 Å². The highest BCUT2D eigenvalue weighted by atomic mass is 79.9. The molecule has 14 heavy (non-hydrogen) atoms. The zero-order valence-electron chi connectivity index (χ0n) is 7.83. The molecule has 0 saturated carbocycles. The van der Waals surface area contributed by atoms with Gasteiger partial charge in [-0.3, -0.25) is 4.79 Å². The van der Waals surface area contributed by atoms with E-state index in [9.17, 15) is 4.79 Å². The second-order valence-corrected chi connectivity index (χ2v) is 4.18. The lowest BCUT2D eigenvalue weighted by Gasteiger charge is -2.26. The van der Waals surface area contributed by atoms with Gasteiger partial charge in [-0.15, -0.1) is 0 Å². The Morgan fingerprint density at radius 2 is 2.07 bits per heavy atom. The molecule has 0 bridgehead atoms. The predicted molar refractivity (Wildman–Crippen MR) is 56.2 cm³/mol. The van der Waals surface area contributed by atoms with Crippen molar-refractivity contribution in [3.05, 3.63) is 22.6 Å². The van der Waals surface area contributed by atoms with E-state index in [2.05, 4.69) is 15.9 Å². The molecule has 0 aromatic carbocycles. The largest absolute Gasteiger partial charge is 0.457 e. The fourth-order valence-electron chi connectivity index (χ4n) is 1.71. The number of likely N-dealkylation sites (tertiary alicyclic amines) is 1. The van der Waals surface area contributed by atoms with Crippen LogP contribution in [0.15, 0.2) is 21.4 Å². The number of furan rings is 1. The van der Waals surface area contributed by atoms with Crippen LogP contribution in [0.5, 0.6) is 0 Å². The molecule has 1 saturated heterocycles. The van der Waals surface area contributed by atoms with Gasteiger partial charge < -0.3 is 9.32 Å². The molecular formula is C10H12BrNO2. The molecule has 1 aliphatic heterocycles. The van der Waals surface area contributed by atoms with Gasteiger partial charge in [0.25, 0.3) is 5.91 Å². The zero-order chi connectivity index (χ0) is 9.97. The average Bonchev–Trinajstić information content (AvgIpc) is 2.65.